The van der Waals surface area contributed by atoms with Crippen molar-refractivity contribution in [3.63, 3.8) is 0 Å². The van der Waals surface area contributed by atoms with Gasteiger partial charge in [-0.15, -0.1) is 6.58 Å². The Morgan fingerprint density at radius 2 is 2.04 bits per heavy atom. The normalized spacial score (nSPS) is 19.2. The van der Waals surface area contributed by atoms with Gasteiger partial charge in [-0.2, -0.15) is 4.31 Å². The van der Waals surface area contributed by atoms with Crippen molar-refractivity contribution in [2.75, 3.05) is 13.1 Å². The van der Waals surface area contributed by atoms with Gasteiger partial charge in [0.2, 0.25) is 15.9 Å². The highest BCUT2D eigenvalue weighted by atomic mass is 32.2. The lowest BCUT2D eigenvalue weighted by Gasteiger charge is -2.31. The second-order valence-electron chi connectivity index (χ2n) is 6.42. The molecule has 0 saturated carbocycles. The Bertz CT molecular complexity index is 794. The molecule has 27 heavy (non-hydrogen) atoms. The highest BCUT2D eigenvalue weighted by molar-refractivity contribution is 7.89. The first-order chi connectivity index (χ1) is 12.8. The number of carbonyl (C=O) groups excluding carboxylic acids is 1. The number of sulfonamides is 1. The van der Waals surface area contributed by atoms with Gasteiger partial charge in [-0.3, -0.25) is 4.79 Å². The molecule has 0 radical (unpaired) electrons. The molecule has 1 aromatic carbocycles. The molecule has 0 spiro atoms. The maximum Gasteiger partial charge on any atom is 0.326 e. The maximum absolute atomic E-state index is 13.0. The summed E-state index contributed by atoms with van der Waals surface area (Å²) in [6.45, 7) is 3.74. The predicted octanol–water partition coefficient (Wildman–Crippen LogP) is 1.76. The number of carbonyl (C=O) groups is 2. The van der Waals surface area contributed by atoms with Crippen LogP contribution in [0, 0.1) is 11.7 Å². The minimum absolute atomic E-state index is 0.0423. The van der Waals surface area contributed by atoms with Gasteiger partial charge in [0.1, 0.15) is 11.9 Å². The predicted molar refractivity (Wildman–Crippen MR) is 96.9 cm³/mol. The third-order valence-electron chi connectivity index (χ3n) is 4.48. The van der Waals surface area contributed by atoms with Crippen LogP contribution in [0.15, 0.2) is 41.8 Å². The molecule has 1 heterocycles. The monoisotopic (exact) mass is 398 g/mol. The van der Waals surface area contributed by atoms with Crippen LogP contribution in [0.4, 0.5) is 4.39 Å². The summed E-state index contributed by atoms with van der Waals surface area (Å²) in [5.41, 5.74) is 0. The number of carboxylic acids is 1. The van der Waals surface area contributed by atoms with Crippen LogP contribution in [0.25, 0.3) is 0 Å². The largest absolute Gasteiger partial charge is 0.480 e. The Kier molecular flexibility index (Phi) is 7.09. The Balaban J connectivity index is 2.08. The number of amides is 1. The van der Waals surface area contributed by atoms with Crippen molar-refractivity contribution in [3.8, 4) is 0 Å². The maximum atomic E-state index is 13.0. The second kappa shape index (κ2) is 9.09. The molecule has 2 unspecified atom stereocenters. The van der Waals surface area contributed by atoms with Crippen molar-refractivity contribution < 1.29 is 27.5 Å². The van der Waals surface area contributed by atoms with Gasteiger partial charge in [-0.25, -0.2) is 17.6 Å². The molecular weight excluding hydrogens is 375 g/mol. The average Bonchev–Trinajstić information content (AvgIpc) is 2.65. The summed E-state index contributed by atoms with van der Waals surface area (Å²) in [5, 5.41) is 11.7. The number of aliphatic carboxylic acids is 1. The van der Waals surface area contributed by atoms with Gasteiger partial charge in [-0.05, 0) is 49.9 Å². The van der Waals surface area contributed by atoms with E-state index >= 15 is 0 Å². The summed E-state index contributed by atoms with van der Waals surface area (Å²) in [7, 11) is -3.85. The van der Waals surface area contributed by atoms with E-state index in [2.05, 4.69) is 11.9 Å². The Hall–Kier alpha value is -2.26. The first kappa shape index (κ1) is 21.0. The number of benzene rings is 1. The third kappa shape index (κ3) is 5.36. The van der Waals surface area contributed by atoms with Gasteiger partial charge >= 0.3 is 5.97 Å². The first-order valence-corrected chi connectivity index (χ1v) is 10.1. The molecule has 1 amide bonds. The van der Waals surface area contributed by atoms with Crippen LogP contribution in [-0.4, -0.2) is 48.8 Å². The standard InChI is InChI=1S/C18H23FN2O5S/c1-2-3-6-16(18(23)24)20-17(22)13-5-4-11-21(12-13)27(25,26)15-9-7-14(19)8-10-15/h2,7-10,13,16H,1,3-6,11-12H2,(H,20,22)(H,23,24). The molecule has 2 rings (SSSR count). The fourth-order valence-electron chi connectivity index (χ4n) is 2.96. The van der Waals surface area contributed by atoms with E-state index in [1.165, 1.54) is 16.4 Å². The number of allylic oxidation sites excluding steroid dienone is 1. The van der Waals surface area contributed by atoms with Crippen LogP contribution < -0.4 is 5.32 Å². The number of hydrogen-bond acceptors (Lipinski definition) is 4. The number of halogens is 1. The van der Waals surface area contributed by atoms with Crippen molar-refractivity contribution in [3.05, 3.63) is 42.7 Å². The zero-order chi connectivity index (χ0) is 20.0. The fraction of sp³-hybridized carbons (Fsp3) is 0.444. The summed E-state index contributed by atoms with van der Waals surface area (Å²) in [6, 6.07) is 3.46. The molecule has 148 valence electrons. The van der Waals surface area contributed by atoms with Gasteiger partial charge in [0.15, 0.2) is 0 Å². The zero-order valence-corrected chi connectivity index (χ0v) is 15.6. The molecule has 0 aromatic heterocycles. The van der Waals surface area contributed by atoms with Crippen LogP contribution in [-0.2, 0) is 19.6 Å². The first-order valence-electron chi connectivity index (χ1n) is 8.65. The van der Waals surface area contributed by atoms with Crippen molar-refractivity contribution in [1.29, 1.82) is 0 Å². The molecule has 0 bridgehead atoms. The van der Waals surface area contributed by atoms with Gasteiger partial charge in [0, 0.05) is 13.1 Å². The van der Waals surface area contributed by atoms with E-state index in [0.717, 1.165) is 12.1 Å². The van der Waals surface area contributed by atoms with E-state index < -0.39 is 39.7 Å². The van der Waals surface area contributed by atoms with Crippen molar-refractivity contribution in [2.45, 2.75) is 36.6 Å². The number of nitrogens with one attached hydrogen (secondary N) is 1. The Labute approximate surface area is 157 Å². The highest BCUT2D eigenvalue weighted by Crippen LogP contribution is 2.24. The summed E-state index contributed by atoms with van der Waals surface area (Å²) in [5.74, 6) is -2.80. The summed E-state index contributed by atoms with van der Waals surface area (Å²) >= 11 is 0. The van der Waals surface area contributed by atoms with Crippen molar-refractivity contribution >= 4 is 21.9 Å². The topological polar surface area (TPSA) is 104 Å². The smallest absolute Gasteiger partial charge is 0.326 e. The molecule has 1 fully saturated rings. The van der Waals surface area contributed by atoms with E-state index in [0.29, 0.717) is 19.3 Å². The van der Waals surface area contributed by atoms with E-state index in [1.807, 2.05) is 0 Å². The average molecular weight is 398 g/mol. The van der Waals surface area contributed by atoms with E-state index in [4.69, 9.17) is 0 Å². The number of rotatable bonds is 8. The highest BCUT2D eigenvalue weighted by Gasteiger charge is 2.34. The number of nitrogens with zero attached hydrogens (tertiary/aromatic N) is 1. The van der Waals surface area contributed by atoms with Crippen molar-refractivity contribution in [2.24, 2.45) is 5.92 Å². The minimum Gasteiger partial charge on any atom is -0.480 e. The Morgan fingerprint density at radius 1 is 1.37 bits per heavy atom. The lowest BCUT2D eigenvalue weighted by molar-refractivity contribution is -0.142. The molecule has 9 heteroatoms. The molecule has 1 aromatic rings. The zero-order valence-electron chi connectivity index (χ0n) is 14.8. The lowest BCUT2D eigenvalue weighted by atomic mass is 9.98. The number of piperidine rings is 1. The Morgan fingerprint density at radius 3 is 2.63 bits per heavy atom. The molecule has 2 N–H and O–H groups in total. The third-order valence-corrected chi connectivity index (χ3v) is 6.36. The molecule has 1 aliphatic rings. The summed E-state index contributed by atoms with van der Waals surface area (Å²) < 4.78 is 39.6. The van der Waals surface area contributed by atoms with Gasteiger partial charge in [-0.1, -0.05) is 6.08 Å². The molecule has 7 nitrogen and oxygen atoms in total. The van der Waals surface area contributed by atoms with E-state index in [1.54, 1.807) is 6.08 Å². The SMILES string of the molecule is C=CCCC(NC(=O)C1CCCN(S(=O)(=O)c2ccc(F)cc2)C1)C(=O)O. The minimum atomic E-state index is -3.85. The fourth-order valence-corrected chi connectivity index (χ4v) is 4.49. The van der Waals surface area contributed by atoms with Gasteiger partial charge in [0.05, 0.1) is 10.8 Å². The van der Waals surface area contributed by atoms with Crippen LogP contribution in [0.2, 0.25) is 0 Å². The van der Waals surface area contributed by atoms with Crippen LogP contribution >= 0.6 is 0 Å². The van der Waals surface area contributed by atoms with Crippen LogP contribution in [0.1, 0.15) is 25.7 Å². The van der Waals surface area contributed by atoms with Gasteiger partial charge < -0.3 is 10.4 Å². The molecule has 1 aliphatic heterocycles. The second-order valence-corrected chi connectivity index (χ2v) is 8.36. The molecular formula is C18H23FN2O5S. The number of hydrogen-bond donors (Lipinski definition) is 2. The molecule has 1 saturated heterocycles. The van der Waals surface area contributed by atoms with Crippen LogP contribution in [0.5, 0.6) is 0 Å². The quantitative estimate of drug-likeness (QED) is 0.650. The molecule has 2 atom stereocenters. The summed E-state index contributed by atoms with van der Waals surface area (Å²) in [4.78, 5) is 23.7. The molecule has 0 aliphatic carbocycles. The van der Waals surface area contributed by atoms with E-state index in [-0.39, 0.29) is 24.4 Å². The van der Waals surface area contributed by atoms with Crippen molar-refractivity contribution in [1.82, 2.24) is 9.62 Å². The van der Waals surface area contributed by atoms with Crippen LogP contribution in [0.3, 0.4) is 0 Å². The number of carboxylic acid groups (broad SMARTS) is 1. The lowest BCUT2D eigenvalue weighted by Crippen LogP contribution is -2.49. The van der Waals surface area contributed by atoms with E-state index in [9.17, 15) is 27.5 Å². The van der Waals surface area contributed by atoms with Gasteiger partial charge in [0.25, 0.3) is 0 Å². The summed E-state index contributed by atoms with van der Waals surface area (Å²) in [6.07, 6.45) is 3.17.